The van der Waals surface area contributed by atoms with Crippen molar-refractivity contribution < 1.29 is 14.7 Å². The van der Waals surface area contributed by atoms with E-state index < -0.39 is 11.9 Å². The van der Waals surface area contributed by atoms with E-state index in [1.165, 1.54) is 23.0 Å². The van der Waals surface area contributed by atoms with Gasteiger partial charge in [0.05, 0.1) is 29.1 Å². The zero-order valence-corrected chi connectivity index (χ0v) is 13.4. The first-order valence-electron chi connectivity index (χ1n) is 6.97. The monoisotopic (exact) mass is 342 g/mol. The smallest absolute Gasteiger partial charge is 0.262 e. The highest BCUT2D eigenvalue weighted by molar-refractivity contribution is 7.20. The lowest BCUT2D eigenvalue weighted by Crippen LogP contribution is -2.23. The van der Waals surface area contributed by atoms with Gasteiger partial charge in [-0.2, -0.15) is 0 Å². The van der Waals surface area contributed by atoms with Crippen LogP contribution in [-0.4, -0.2) is 21.4 Å². The van der Waals surface area contributed by atoms with E-state index in [2.05, 4.69) is 4.98 Å². The van der Waals surface area contributed by atoms with Crippen molar-refractivity contribution in [3.05, 3.63) is 62.5 Å². The van der Waals surface area contributed by atoms with Crippen molar-refractivity contribution in [2.45, 2.75) is 13.5 Å². The van der Waals surface area contributed by atoms with Gasteiger partial charge in [-0.25, -0.2) is 4.98 Å². The van der Waals surface area contributed by atoms with Crippen LogP contribution >= 0.6 is 11.3 Å². The Hall–Kier alpha value is -3.00. The third kappa shape index (κ3) is 2.67. The normalized spacial score (nSPS) is 10.9. The number of hydrogen-bond acceptors (Lipinski definition) is 6. The molecule has 0 aliphatic heterocycles. The van der Waals surface area contributed by atoms with E-state index in [1.54, 1.807) is 19.1 Å². The molecule has 0 bridgehead atoms. The fourth-order valence-corrected chi connectivity index (χ4v) is 3.44. The van der Waals surface area contributed by atoms with E-state index in [9.17, 15) is 19.5 Å². The first-order valence-corrected chi connectivity index (χ1v) is 7.78. The number of primary amides is 1. The molecular weight excluding hydrogens is 330 g/mol. The number of carboxylic acids is 1. The molecule has 2 N–H and O–H groups in total. The maximum absolute atomic E-state index is 12.6. The number of rotatable bonds is 4. The Morgan fingerprint density at radius 3 is 2.54 bits per heavy atom. The topological polar surface area (TPSA) is 118 Å². The summed E-state index contributed by atoms with van der Waals surface area (Å²) in [7, 11) is 0. The van der Waals surface area contributed by atoms with Gasteiger partial charge in [0.15, 0.2) is 0 Å². The standard InChI is InChI=1S/C16H13N3O4S/c1-8-11-14(24-12(8)13(17)20)18-7-19(15(11)21)6-9-2-4-10(5-3-9)16(22)23/h2-5,7H,6H2,1H3,(H2,17,20)(H,22,23)/p-1. The van der Waals surface area contributed by atoms with Crippen molar-refractivity contribution in [3.63, 3.8) is 0 Å². The average molecular weight is 342 g/mol. The number of nitrogens with zero attached hydrogens (tertiary/aromatic N) is 2. The molecule has 2 aromatic heterocycles. The summed E-state index contributed by atoms with van der Waals surface area (Å²) in [6.07, 6.45) is 1.40. The van der Waals surface area contributed by atoms with E-state index in [1.807, 2.05) is 0 Å². The quantitative estimate of drug-likeness (QED) is 0.730. The highest BCUT2D eigenvalue weighted by Crippen LogP contribution is 2.26. The molecule has 3 aromatic rings. The molecule has 0 aliphatic carbocycles. The molecule has 3 rings (SSSR count). The fourth-order valence-electron chi connectivity index (χ4n) is 2.45. The Kier molecular flexibility index (Phi) is 3.90. The van der Waals surface area contributed by atoms with Crippen molar-refractivity contribution >= 4 is 33.4 Å². The van der Waals surface area contributed by atoms with E-state index in [-0.39, 0.29) is 17.7 Å². The van der Waals surface area contributed by atoms with Gasteiger partial charge in [-0.05, 0) is 23.6 Å². The first-order chi connectivity index (χ1) is 11.4. The lowest BCUT2D eigenvalue weighted by Gasteiger charge is -2.07. The highest BCUT2D eigenvalue weighted by atomic mass is 32.1. The molecule has 0 saturated carbocycles. The predicted molar refractivity (Wildman–Crippen MR) is 87.0 cm³/mol. The largest absolute Gasteiger partial charge is 0.545 e. The Balaban J connectivity index is 2.03. The van der Waals surface area contributed by atoms with E-state index in [0.29, 0.717) is 20.7 Å². The Bertz CT molecular complexity index is 1020. The summed E-state index contributed by atoms with van der Waals surface area (Å²) in [5, 5.41) is 11.1. The van der Waals surface area contributed by atoms with Gasteiger partial charge in [0.1, 0.15) is 4.83 Å². The van der Waals surface area contributed by atoms with Crippen molar-refractivity contribution in [2.24, 2.45) is 5.73 Å². The van der Waals surface area contributed by atoms with Crippen LogP contribution in [0.3, 0.4) is 0 Å². The average Bonchev–Trinajstić information content (AvgIpc) is 2.88. The van der Waals surface area contributed by atoms with Crippen LogP contribution in [0.5, 0.6) is 0 Å². The minimum absolute atomic E-state index is 0.0689. The van der Waals surface area contributed by atoms with Crippen molar-refractivity contribution in [3.8, 4) is 0 Å². The summed E-state index contributed by atoms with van der Waals surface area (Å²) >= 11 is 1.10. The number of carboxylic acid groups (broad SMARTS) is 1. The van der Waals surface area contributed by atoms with Crippen molar-refractivity contribution in [1.29, 1.82) is 0 Å². The van der Waals surface area contributed by atoms with Crippen LogP contribution in [-0.2, 0) is 6.54 Å². The molecule has 24 heavy (non-hydrogen) atoms. The van der Waals surface area contributed by atoms with Crippen LogP contribution in [0.25, 0.3) is 10.2 Å². The summed E-state index contributed by atoms with van der Waals surface area (Å²) in [6.45, 7) is 1.90. The van der Waals surface area contributed by atoms with Gasteiger partial charge in [0, 0.05) is 0 Å². The lowest BCUT2D eigenvalue weighted by atomic mass is 10.1. The number of nitrogens with two attached hydrogens (primary N) is 1. The number of benzene rings is 1. The second kappa shape index (κ2) is 5.89. The van der Waals surface area contributed by atoms with Gasteiger partial charge in [-0.15, -0.1) is 11.3 Å². The predicted octanol–water partition coefficient (Wildman–Crippen LogP) is 0.277. The summed E-state index contributed by atoms with van der Waals surface area (Å²) in [6, 6.07) is 6.06. The van der Waals surface area contributed by atoms with Crippen LogP contribution < -0.4 is 16.4 Å². The summed E-state index contributed by atoms with van der Waals surface area (Å²) in [5.74, 6) is -1.84. The van der Waals surface area contributed by atoms with E-state index in [4.69, 9.17) is 5.73 Å². The number of carbonyl (C=O) groups excluding carboxylic acids is 2. The number of fused-ring (bicyclic) bond motifs is 1. The maximum atomic E-state index is 12.6. The minimum atomic E-state index is -1.25. The molecule has 0 aliphatic rings. The molecule has 1 aromatic carbocycles. The molecule has 0 atom stereocenters. The lowest BCUT2D eigenvalue weighted by molar-refractivity contribution is -0.255. The molecule has 2 heterocycles. The number of amides is 1. The molecule has 1 amide bonds. The van der Waals surface area contributed by atoms with Gasteiger partial charge >= 0.3 is 0 Å². The first kappa shape index (κ1) is 15.9. The Morgan fingerprint density at radius 1 is 1.29 bits per heavy atom. The number of hydrogen-bond donors (Lipinski definition) is 1. The number of thiophene rings is 1. The SMILES string of the molecule is Cc1c(C(N)=O)sc2ncn(Cc3ccc(C(=O)[O-])cc3)c(=O)c12. The van der Waals surface area contributed by atoms with Gasteiger partial charge in [0.2, 0.25) is 0 Å². The number of aromatic nitrogens is 2. The van der Waals surface area contributed by atoms with Crippen LogP contribution in [0.15, 0.2) is 35.4 Å². The summed E-state index contributed by atoms with van der Waals surface area (Å²) in [4.78, 5) is 39.8. The molecule has 7 nitrogen and oxygen atoms in total. The van der Waals surface area contributed by atoms with Crippen LogP contribution in [0.1, 0.15) is 31.2 Å². The van der Waals surface area contributed by atoms with Crippen LogP contribution in [0.4, 0.5) is 0 Å². The van der Waals surface area contributed by atoms with Crippen molar-refractivity contribution in [2.75, 3.05) is 0 Å². The maximum Gasteiger partial charge on any atom is 0.262 e. The fraction of sp³-hybridized carbons (Fsp3) is 0.125. The number of aryl methyl sites for hydroxylation is 1. The zero-order chi connectivity index (χ0) is 17.4. The minimum Gasteiger partial charge on any atom is -0.545 e. The molecular formula is C16H12N3O4S-. The Morgan fingerprint density at radius 2 is 1.96 bits per heavy atom. The highest BCUT2D eigenvalue weighted by Gasteiger charge is 2.17. The Labute approximate surface area is 140 Å². The third-order valence-electron chi connectivity index (χ3n) is 3.68. The third-order valence-corrected chi connectivity index (χ3v) is 4.90. The number of aromatic carboxylic acids is 1. The van der Waals surface area contributed by atoms with Gasteiger partial charge in [0.25, 0.3) is 11.5 Å². The van der Waals surface area contributed by atoms with Gasteiger partial charge in [-0.3, -0.25) is 14.2 Å². The summed E-state index contributed by atoms with van der Waals surface area (Å²) < 4.78 is 1.40. The molecule has 8 heteroatoms. The second-order valence-corrected chi connectivity index (χ2v) is 6.26. The van der Waals surface area contributed by atoms with Gasteiger partial charge in [-0.1, -0.05) is 24.3 Å². The summed E-state index contributed by atoms with van der Waals surface area (Å²) in [5.41, 5.74) is 6.38. The zero-order valence-electron chi connectivity index (χ0n) is 12.6. The van der Waals surface area contributed by atoms with E-state index >= 15 is 0 Å². The second-order valence-electron chi connectivity index (χ2n) is 5.26. The van der Waals surface area contributed by atoms with Crippen molar-refractivity contribution in [1.82, 2.24) is 9.55 Å². The molecule has 0 saturated heterocycles. The van der Waals surface area contributed by atoms with E-state index in [0.717, 1.165) is 16.9 Å². The van der Waals surface area contributed by atoms with Crippen LogP contribution in [0, 0.1) is 6.92 Å². The van der Waals surface area contributed by atoms with Crippen LogP contribution in [0.2, 0.25) is 0 Å². The molecule has 0 spiro atoms. The molecule has 0 unspecified atom stereocenters. The molecule has 0 fully saturated rings. The van der Waals surface area contributed by atoms with Gasteiger partial charge < -0.3 is 15.6 Å². The molecule has 0 radical (unpaired) electrons. The molecule has 122 valence electrons. The number of carbonyl (C=O) groups is 2.